The fraction of sp³-hybridized carbons (Fsp3) is 0.793. The molecule has 0 unspecified atom stereocenters. The van der Waals surface area contributed by atoms with Crippen LogP contribution in [0.2, 0.25) is 0 Å². The molecule has 0 atom stereocenters. The monoisotopic (exact) mass is 434 g/mol. The maximum atomic E-state index is 9.72. The van der Waals surface area contributed by atoms with Gasteiger partial charge < -0.3 is 9.84 Å². The topological polar surface area (TPSA) is 29.5 Å². The van der Waals surface area contributed by atoms with Crippen LogP contribution in [-0.4, -0.2) is 17.3 Å². The van der Waals surface area contributed by atoms with Crippen LogP contribution in [0.15, 0.2) is 18.2 Å². The number of rotatable bonds is 7. The van der Waals surface area contributed by atoms with Gasteiger partial charge in [0.05, 0.1) is 6.61 Å². The molecule has 0 saturated carbocycles. The van der Waals surface area contributed by atoms with Crippen LogP contribution in [0, 0.1) is 10.8 Å². The minimum absolute atomic E-state index is 0.0105. The van der Waals surface area contributed by atoms with E-state index in [1.165, 1.54) is 17.5 Å². The van der Waals surface area contributed by atoms with Crippen molar-refractivity contribution in [2.45, 2.75) is 133 Å². The van der Waals surface area contributed by atoms with Crippen LogP contribution in [0.4, 0.5) is 0 Å². The fourth-order valence-electron chi connectivity index (χ4n) is 4.75. The Balaban J connectivity index is 0.00000282. The van der Waals surface area contributed by atoms with Gasteiger partial charge in [-0.3, -0.25) is 0 Å². The molecule has 0 fully saturated rings. The van der Waals surface area contributed by atoms with Crippen molar-refractivity contribution >= 4 is 0 Å². The molecule has 0 bridgehead atoms. The summed E-state index contributed by atoms with van der Waals surface area (Å²) in [5.41, 5.74) is 2.51. The van der Waals surface area contributed by atoms with E-state index >= 15 is 0 Å². The largest absolute Gasteiger partial charge is 0.485 e. The maximum Gasteiger partial charge on any atom is 0.126 e. The molecule has 0 amide bonds. The second-order valence-corrected chi connectivity index (χ2v) is 13.7. The van der Waals surface area contributed by atoms with Gasteiger partial charge in [0.25, 0.3) is 0 Å². The van der Waals surface area contributed by atoms with Gasteiger partial charge in [0.15, 0.2) is 0 Å². The summed E-state index contributed by atoms with van der Waals surface area (Å²) in [4.78, 5) is 0. The van der Waals surface area contributed by atoms with Crippen LogP contribution in [0.3, 0.4) is 0 Å². The Kier molecular flexibility index (Phi) is 10.4. The maximum absolute atomic E-state index is 9.72. The van der Waals surface area contributed by atoms with Gasteiger partial charge >= 0.3 is 0 Å². The molecule has 0 aliphatic carbocycles. The molecule has 1 N–H and O–H groups in total. The van der Waals surface area contributed by atoms with Crippen molar-refractivity contribution in [2.24, 2.45) is 10.8 Å². The highest BCUT2D eigenvalue weighted by Crippen LogP contribution is 2.44. The Morgan fingerprint density at radius 1 is 0.710 bits per heavy atom. The van der Waals surface area contributed by atoms with Crippen LogP contribution in [0.5, 0.6) is 5.75 Å². The average Bonchev–Trinajstić information content (AvgIpc) is 2.50. The first-order chi connectivity index (χ1) is 13.7. The molecule has 31 heavy (non-hydrogen) atoms. The van der Waals surface area contributed by atoms with E-state index in [0.29, 0.717) is 0 Å². The summed E-state index contributed by atoms with van der Waals surface area (Å²) in [5.74, 6) is 0.892. The predicted octanol–water partition coefficient (Wildman–Crippen LogP) is 8.68. The van der Waals surface area contributed by atoms with E-state index in [2.05, 4.69) is 101 Å². The quantitative estimate of drug-likeness (QED) is 0.465. The number of ether oxygens (including phenoxy) is 1. The molecule has 1 aromatic rings. The summed E-state index contributed by atoms with van der Waals surface area (Å²) < 4.78 is 6.30. The fourth-order valence-corrected chi connectivity index (χ4v) is 4.75. The molecule has 0 spiro atoms. The van der Waals surface area contributed by atoms with Crippen molar-refractivity contribution < 1.29 is 9.84 Å². The summed E-state index contributed by atoms with van der Waals surface area (Å²) >= 11 is 0. The predicted molar refractivity (Wildman–Crippen MR) is 138 cm³/mol. The lowest BCUT2D eigenvalue weighted by molar-refractivity contribution is 0.0392. The van der Waals surface area contributed by atoms with Gasteiger partial charge in [-0.2, -0.15) is 0 Å². The van der Waals surface area contributed by atoms with Crippen LogP contribution in [0.25, 0.3) is 0 Å². The molecule has 1 aromatic carbocycles. The van der Waals surface area contributed by atoms with E-state index in [4.69, 9.17) is 4.74 Å². The zero-order valence-electron chi connectivity index (χ0n) is 23.4. The third kappa shape index (κ3) is 10.9. The first-order valence-corrected chi connectivity index (χ1v) is 12.1. The molecule has 2 heteroatoms. The molecule has 2 nitrogen and oxygen atoms in total. The highest BCUT2D eigenvalue weighted by molar-refractivity contribution is 5.44. The molecular weight excluding hydrogens is 380 g/mol. The Bertz CT molecular complexity index is 667. The lowest BCUT2D eigenvalue weighted by atomic mass is 9.68. The third-order valence-electron chi connectivity index (χ3n) is 5.20. The van der Waals surface area contributed by atoms with Gasteiger partial charge in [-0.05, 0) is 60.0 Å². The van der Waals surface area contributed by atoms with Crippen molar-refractivity contribution in [2.75, 3.05) is 6.61 Å². The number of aliphatic hydroxyl groups is 1. The zero-order chi connectivity index (χ0) is 24.9. The molecule has 0 heterocycles. The van der Waals surface area contributed by atoms with E-state index in [0.717, 1.165) is 18.6 Å². The van der Waals surface area contributed by atoms with E-state index in [-0.39, 0.29) is 28.3 Å². The first-order valence-electron chi connectivity index (χ1n) is 12.1. The highest BCUT2D eigenvalue weighted by atomic mass is 16.5. The van der Waals surface area contributed by atoms with Crippen LogP contribution in [0.1, 0.15) is 127 Å². The SMILES string of the molecule is CC(C)(C)CC(C)(C)c1ccc(OC(C)(C)CO)c(C(C)(C)CC(C)(C)C)c1.CCC. The minimum atomic E-state index is -0.602. The van der Waals surface area contributed by atoms with E-state index in [9.17, 15) is 5.11 Å². The van der Waals surface area contributed by atoms with Gasteiger partial charge in [0.2, 0.25) is 0 Å². The number of aliphatic hydroxyl groups excluding tert-OH is 1. The standard InChI is InChI=1S/C26H46O2.C3H8/c1-22(2,3)16-24(7,8)19-13-14-21(28-26(11,12)18-27)20(15-19)25(9,10)17-23(4,5)6;1-3-2/h13-15,27H,16-18H2,1-12H3;3H2,1-2H3. The van der Waals surface area contributed by atoms with Crippen molar-refractivity contribution in [3.8, 4) is 5.75 Å². The van der Waals surface area contributed by atoms with Crippen molar-refractivity contribution in [3.05, 3.63) is 29.3 Å². The summed E-state index contributed by atoms with van der Waals surface area (Å²) in [7, 11) is 0. The lowest BCUT2D eigenvalue weighted by Gasteiger charge is -2.38. The number of benzene rings is 1. The van der Waals surface area contributed by atoms with Crippen LogP contribution in [-0.2, 0) is 10.8 Å². The van der Waals surface area contributed by atoms with E-state index in [1.807, 2.05) is 13.8 Å². The van der Waals surface area contributed by atoms with Crippen LogP contribution < -0.4 is 4.74 Å². The highest BCUT2D eigenvalue weighted by Gasteiger charge is 2.34. The molecule has 1 rings (SSSR count). The number of hydrogen-bond acceptors (Lipinski definition) is 2. The number of hydrogen-bond donors (Lipinski definition) is 1. The van der Waals surface area contributed by atoms with Gasteiger partial charge in [0, 0.05) is 5.56 Å². The Morgan fingerprint density at radius 3 is 1.52 bits per heavy atom. The van der Waals surface area contributed by atoms with Gasteiger partial charge in [0.1, 0.15) is 11.4 Å². The second-order valence-electron chi connectivity index (χ2n) is 13.7. The minimum Gasteiger partial charge on any atom is -0.485 e. The van der Waals surface area contributed by atoms with Crippen molar-refractivity contribution in [1.82, 2.24) is 0 Å². The Labute approximate surface area is 195 Å². The smallest absolute Gasteiger partial charge is 0.126 e. The Hall–Kier alpha value is -1.02. The van der Waals surface area contributed by atoms with E-state index < -0.39 is 5.60 Å². The summed E-state index contributed by atoms with van der Waals surface area (Å²) in [6, 6.07) is 6.70. The first kappa shape index (κ1) is 30.0. The van der Waals surface area contributed by atoms with Gasteiger partial charge in [-0.15, -0.1) is 0 Å². The summed E-state index contributed by atoms with van der Waals surface area (Å²) in [6.45, 7) is 31.2. The summed E-state index contributed by atoms with van der Waals surface area (Å²) in [6.07, 6.45) is 3.42. The average molecular weight is 435 g/mol. The molecule has 0 saturated heterocycles. The van der Waals surface area contributed by atoms with Gasteiger partial charge in [-0.1, -0.05) is 102 Å². The van der Waals surface area contributed by atoms with Gasteiger partial charge in [-0.25, -0.2) is 0 Å². The molecule has 182 valence electrons. The lowest BCUT2D eigenvalue weighted by Crippen LogP contribution is -2.34. The normalized spacial score (nSPS) is 13.5. The molecule has 0 aliphatic heterocycles. The third-order valence-corrected chi connectivity index (χ3v) is 5.20. The second kappa shape index (κ2) is 10.7. The zero-order valence-corrected chi connectivity index (χ0v) is 23.4. The Morgan fingerprint density at radius 2 is 1.13 bits per heavy atom. The van der Waals surface area contributed by atoms with E-state index in [1.54, 1.807) is 0 Å². The molecule has 0 aliphatic rings. The molecule has 0 aromatic heterocycles. The van der Waals surface area contributed by atoms with Crippen molar-refractivity contribution in [3.63, 3.8) is 0 Å². The summed E-state index contributed by atoms with van der Waals surface area (Å²) in [5, 5.41) is 9.72. The molecule has 0 radical (unpaired) electrons. The van der Waals surface area contributed by atoms with Crippen molar-refractivity contribution in [1.29, 1.82) is 0 Å². The van der Waals surface area contributed by atoms with Crippen LogP contribution >= 0.6 is 0 Å². The molecular formula is C29H54O2.